The quantitative estimate of drug-likeness (QED) is 0.412. The number of anilines is 1. The van der Waals surface area contributed by atoms with Crippen LogP contribution in [0.5, 0.6) is 0 Å². The number of nitro groups is 1. The van der Waals surface area contributed by atoms with E-state index in [-0.39, 0.29) is 29.4 Å². The number of aromatic amines is 1. The monoisotopic (exact) mass is 354 g/mol. The van der Waals surface area contributed by atoms with Gasteiger partial charge in [0, 0.05) is 17.7 Å². The van der Waals surface area contributed by atoms with Crippen LogP contribution in [0.2, 0.25) is 0 Å². The Bertz CT molecular complexity index is 978. The van der Waals surface area contributed by atoms with E-state index in [1.807, 2.05) is 6.07 Å². The van der Waals surface area contributed by atoms with E-state index in [0.717, 1.165) is 17.6 Å². The molecule has 1 amide bonds. The molecule has 0 unspecified atom stereocenters. The Morgan fingerprint density at radius 2 is 1.96 bits per heavy atom. The molecule has 9 heteroatoms. The maximum Gasteiger partial charge on any atom is 0.338 e. The molecule has 0 radical (unpaired) electrons. The highest BCUT2D eigenvalue weighted by molar-refractivity contribution is 6.06. The Morgan fingerprint density at radius 1 is 1.23 bits per heavy atom. The third-order valence-corrected chi connectivity index (χ3v) is 3.52. The van der Waals surface area contributed by atoms with E-state index < -0.39 is 16.8 Å². The molecule has 26 heavy (non-hydrogen) atoms. The third-order valence-electron chi connectivity index (χ3n) is 3.52. The van der Waals surface area contributed by atoms with Gasteiger partial charge in [-0.25, -0.2) is 9.78 Å². The highest BCUT2D eigenvalue weighted by Gasteiger charge is 2.19. The van der Waals surface area contributed by atoms with Crippen molar-refractivity contribution in [2.75, 3.05) is 11.9 Å². The second-order valence-electron chi connectivity index (χ2n) is 5.30. The van der Waals surface area contributed by atoms with Gasteiger partial charge in [-0.15, -0.1) is 0 Å². The van der Waals surface area contributed by atoms with E-state index in [0.29, 0.717) is 5.52 Å². The van der Waals surface area contributed by atoms with Gasteiger partial charge in [0.25, 0.3) is 11.6 Å². The summed E-state index contributed by atoms with van der Waals surface area (Å²) < 4.78 is 4.84. The Labute approximate surface area is 147 Å². The number of aromatic nitrogens is 2. The number of nitrogens with one attached hydrogen (secondary N) is 2. The van der Waals surface area contributed by atoms with Crippen LogP contribution in [0, 0.1) is 10.1 Å². The minimum Gasteiger partial charge on any atom is -0.462 e. The number of esters is 1. The van der Waals surface area contributed by atoms with Gasteiger partial charge >= 0.3 is 5.97 Å². The molecule has 0 spiro atoms. The number of nitro benzene ring substituents is 1. The number of hydrogen-bond donors (Lipinski definition) is 2. The summed E-state index contributed by atoms with van der Waals surface area (Å²) in [6.45, 7) is 1.73. The van der Waals surface area contributed by atoms with Crippen LogP contribution in [0.1, 0.15) is 27.6 Å². The molecule has 0 aliphatic rings. The van der Waals surface area contributed by atoms with E-state index in [9.17, 15) is 19.7 Å². The average molecular weight is 354 g/mol. The molecule has 0 aliphatic heterocycles. The fourth-order valence-corrected chi connectivity index (χ4v) is 2.37. The summed E-state index contributed by atoms with van der Waals surface area (Å²) in [5, 5.41) is 13.6. The Balaban J connectivity index is 1.92. The van der Waals surface area contributed by atoms with Crippen molar-refractivity contribution in [2.24, 2.45) is 0 Å². The number of carbonyl (C=O) groups excluding carboxylic acids is 2. The highest BCUT2D eigenvalue weighted by Crippen LogP contribution is 2.20. The number of benzene rings is 2. The van der Waals surface area contributed by atoms with Gasteiger partial charge < -0.3 is 9.72 Å². The number of amides is 1. The number of ether oxygens (including phenoxy) is 1. The lowest BCUT2D eigenvalue weighted by Crippen LogP contribution is -2.15. The van der Waals surface area contributed by atoms with Crippen molar-refractivity contribution in [1.29, 1.82) is 0 Å². The van der Waals surface area contributed by atoms with Crippen molar-refractivity contribution >= 4 is 34.5 Å². The summed E-state index contributed by atoms with van der Waals surface area (Å²) in [4.78, 5) is 41.9. The molecule has 0 saturated heterocycles. The predicted molar refractivity (Wildman–Crippen MR) is 93.1 cm³/mol. The number of hydrogen-bond acceptors (Lipinski definition) is 6. The number of fused-ring (bicyclic) bond motifs is 1. The van der Waals surface area contributed by atoms with Crippen molar-refractivity contribution in [1.82, 2.24) is 9.97 Å². The summed E-state index contributed by atoms with van der Waals surface area (Å²) in [6.07, 6.45) is 0. The Kier molecular flexibility index (Phi) is 4.61. The summed E-state index contributed by atoms with van der Waals surface area (Å²) in [5.41, 5.74) is 0.881. The Morgan fingerprint density at radius 3 is 2.65 bits per heavy atom. The smallest absolute Gasteiger partial charge is 0.338 e. The number of rotatable bonds is 5. The maximum atomic E-state index is 12.5. The summed E-state index contributed by atoms with van der Waals surface area (Å²) in [7, 11) is 0. The van der Waals surface area contributed by atoms with Crippen molar-refractivity contribution in [2.45, 2.75) is 6.92 Å². The van der Waals surface area contributed by atoms with E-state index in [1.54, 1.807) is 25.1 Å². The predicted octanol–water partition coefficient (Wildman–Crippen LogP) is 2.90. The van der Waals surface area contributed by atoms with Crippen molar-refractivity contribution in [3.8, 4) is 0 Å². The van der Waals surface area contributed by atoms with E-state index in [2.05, 4.69) is 15.3 Å². The van der Waals surface area contributed by atoms with Gasteiger partial charge in [-0.05, 0) is 25.1 Å². The number of non-ortho nitro benzene ring substituents is 1. The molecular formula is C17H14N4O5. The number of carbonyl (C=O) groups is 2. The van der Waals surface area contributed by atoms with Crippen molar-refractivity contribution in [3.05, 3.63) is 63.7 Å². The SMILES string of the molecule is CCOC(=O)c1cc(C(=O)Nc2nc3ccccc3[nH]2)cc([N+](=O)[O-])c1. The van der Waals surface area contributed by atoms with E-state index >= 15 is 0 Å². The first-order valence-electron chi connectivity index (χ1n) is 7.70. The number of para-hydroxylation sites is 2. The third kappa shape index (κ3) is 3.51. The highest BCUT2D eigenvalue weighted by atomic mass is 16.6. The van der Waals surface area contributed by atoms with Gasteiger partial charge in [-0.3, -0.25) is 20.2 Å². The normalized spacial score (nSPS) is 10.5. The first-order chi connectivity index (χ1) is 12.5. The molecule has 9 nitrogen and oxygen atoms in total. The van der Waals surface area contributed by atoms with Crippen LogP contribution < -0.4 is 5.32 Å². The van der Waals surface area contributed by atoms with E-state index in [1.165, 1.54) is 6.07 Å². The van der Waals surface area contributed by atoms with Crippen LogP contribution in [0.3, 0.4) is 0 Å². The number of H-pyrrole nitrogens is 1. The zero-order chi connectivity index (χ0) is 18.7. The van der Waals surface area contributed by atoms with Crippen LogP contribution in [0.4, 0.5) is 11.6 Å². The summed E-state index contributed by atoms with van der Waals surface area (Å²) in [6, 6.07) is 10.6. The second-order valence-corrected chi connectivity index (χ2v) is 5.30. The van der Waals surface area contributed by atoms with Crippen LogP contribution in [0.15, 0.2) is 42.5 Å². The maximum absolute atomic E-state index is 12.5. The van der Waals surface area contributed by atoms with Crippen molar-refractivity contribution < 1.29 is 19.2 Å². The molecule has 3 rings (SSSR count). The molecule has 1 heterocycles. The van der Waals surface area contributed by atoms with Gasteiger partial charge in [0.15, 0.2) is 0 Å². The zero-order valence-corrected chi connectivity index (χ0v) is 13.7. The lowest BCUT2D eigenvalue weighted by Gasteiger charge is -2.06. The minimum atomic E-state index is -0.742. The van der Waals surface area contributed by atoms with Gasteiger partial charge in [0.2, 0.25) is 5.95 Å². The molecule has 2 N–H and O–H groups in total. The first-order valence-corrected chi connectivity index (χ1v) is 7.70. The lowest BCUT2D eigenvalue weighted by molar-refractivity contribution is -0.384. The van der Waals surface area contributed by atoms with Crippen LogP contribution in [0.25, 0.3) is 11.0 Å². The van der Waals surface area contributed by atoms with Gasteiger partial charge in [-0.1, -0.05) is 12.1 Å². The lowest BCUT2D eigenvalue weighted by atomic mass is 10.1. The Hall–Kier alpha value is -3.75. The fourth-order valence-electron chi connectivity index (χ4n) is 2.37. The standard InChI is InChI=1S/C17H14N4O5/c1-2-26-16(23)11-7-10(8-12(9-11)21(24)25)15(22)20-17-18-13-5-3-4-6-14(13)19-17/h3-9H,2H2,1H3,(H2,18,19,20,22). The zero-order valence-electron chi connectivity index (χ0n) is 13.7. The largest absolute Gasteiger partial charge is 0.462 e. The molecule has 0 bridgehead atoms. The molecular weight excluding hydrogens is 340 g/mol. The number of imidazole rings is 1. The average Bonchev–Trinajstić information content (AvgIpc) is 3.03. The molecule has 0 aliphatic carbocycles. The molecule has 0 atom stereocenters. The topological polar surface area (TPSA) is 127 Å². The molecule has 132 valence electrons. The van der Waals surface area contributed by atoms with Gasteiger partial charge in [0.1, 0.15) is 0 Å². The van der Waals surface area contributed by atoms with Crippen LogP contribution in [-0.4, -0.2) is 33.4 Å². The summed E-state index contributed by atoms with van der Waals surface area (Å²) in [5.74, 6) is -1.19. The van der Waals surface area contributed by atoms with E-state index in [4.69, 9.17) is 4.74 Å². The van der Waals surface area contributed by atoms with Gasteiger partial charge in [0.05, 0.1) is 28.1 Å². The fraction of sp³-hybridized carbons (Fsp3) is 0.118. The minimum absolute atomic E-state index is 0.0530. The molecule has 0 saturated carbocycles. The van der Waals surface area contributed by atoms with Crippen molar-refractivity contribution in [3.63, 3.8) is 0 Å². The number of nitrogens with zero attached hydrogens (tertiary/aromatic N) is 2. The molecule has 2 aromatic carbocycles. The van der Waals surface area contributed by atoms with Gasteiger partial charge in [-0.2, -0.15) is 0 Å². The van der Waals surface area contributed by atoms with Crippen LogP contribution >= 0.6 is 0 Å². The summed E-state index contributed by atoms with van der Waals surface area (Å²) >= 11 is 0. The first kappa shape index (κ1) is 17.1. The van der Waals surface area contributed by atoms with Crippen LogP contribution in [-0.2, 0) is 4.74 Å². The molecule has 1 aromatic heterocycles. The second kappa shape index (κ2) is 7.01. The molecule has 3 aromatic rings. The molecule has 0 fully saturated rings.